The van der Waals surface area contributed by atoms with Crippen LogP contribution in [0.5, 0.6) is 5.75 Å². The second kappa shape index (κ2) is 7.71. The third-order valence-corrected chi connectivity index (χ3v) is 3.82. The van der Waals surface area contributed by atoms with Crippen LogP contribution in [0.2, 0.25) is 0 Å². The van der Waals surface area contributed by atoms with E-state index in [2.05, 4.69) is 11.7 Å². The van der Waals surface area contributed by atoms with E-state index in [4.69, 9.17) is 9.47 Å². The number of benzene rings is 1. The monoisotopic (exact) mass is 300 g/mol. The molecule has 1 saturated heterocycles. The molecule has 0 bridgehead atoms. The van der Waals surface area contributed by atoms with Crippen molar-refractivity contribution in [1.29, 1.82) is 0 Å². The molecule has 1 aliphatic heterocycles. The van der Waals surface area contributed by atoms with Gasteiger partial charge in [0.15, 0.2) is 18.4 Å². The number of rotatable bonds is 6. The van der Waals surface area contributed by atoms with E-state index in [0.717, 1.165) is 25.7 Å². The van der Waals surface area contributed by atoms with Gasteiger partial charge in [0.25, 0.3) is 0 Å². The summed E-state index contributed by atoms with van der Waals surface area (Å²) in [6.07, 6.45) is 3.57. The summed E-state index contributed by atoms with van der Waals surface area (Å²) in [5, 5.41) is 0. The minimum atomic E-state index is -0.983. The molecular weight excluding hydrogens is 278 g/mol. The van der Waals surface area contributed by atoms with Gasteiger partial charge < -0.3 is 14.2 Å². The Labute approximate surface area is 124 Å². The largest absolute Gasteiger partial charge is 0.464 e. The Morgan fingerprint density at radius 3 is 2.67 bits per heavy atom. The summed E-state index contributed by atoms with van der Waals surface area (Å²) < 4.78 is 43.4. The van der Waals surface area contributed by atoms with Crippen molar-refractivity contribution >= 4 is 0 Å². The molecule has 1 fully saturated rings. The highest BCUT2D eigenvalue weighted by atomic mass is 19.2. The fourth-order valence-corrected chi connectivity index (χ4v) is 2.72. The fourth-order valence-electron chi connectivity index (χ4n) is 2.72. The van der Waals surface area contributed by atoms with E-state index in [1.54, 1.807) is 0 Å². The van der Waals surface area contributed by atoms with Gasteiger partial charge in [-0.25, -0.2) is 4.39 Å². The Morgan fingerprint density at radius 1 is 1.24 bits per heavy atom. The summed E-state index contributed by atoms with van der Waals surface area (Å²) in [7, 11) is 1.42. The Hall–Kier alpha value is -1.20. The molecule has 0 N–H and O–H groups in total. The first-order valence-corrected chi connectivity index (χ1v) is 7.38. The summed E-state index contributed by atoms with van der Waals surface area (Å²) in [5.74, 6) is -1.48. The molecule has 0 radical (unpaired) electrons. The molecule has 2 atom stereocenters. The second-order valence-corrected chi connectivity index (χ2v) is 5.39. The summed E-state index contributed by atoms with van der Waals surface area (Å²) in [6.45, 7) is 2.63. The molecule has 0 saturated carbocycles. The molecule has 21 heavy (non-hydrogen) atoms. The lowest BCUT2D eigenvalue weighted by molar-refractivity contribution is -0.0216. The Bertz CT molecular complexity index is 457. The molecule has 1 aliphatic rings. The van der Waals surface area contributed by atoms with Gasteiger partial charge >= 0.3 is 0 Å². The van der Waals surface area contributed by atoms with Crippen molar-refractivity contribution in [3.63, 3.8) is 0 Å². The van der Waals surface area contributed by atoms with Crippen molar-refractivity contribution in [3.05, 3.63) is 29.3 Å². The summed E-state index contributed by atoms with van der Waals surface area (Å²) >= 11 is 0. The lowest BCUT2D eigenvalue weighted by Crippen LogP contribution is -2.21. The first kappa shape index (κ1) is 16.2. The van der Waals surface area contributed by atoms with E-state index >= 15 is 0 Å². The van der Waals surface area contributed by atoms with Crippen LogP contribution in [0.4, 0.5) is 8.78 Å². The van der Waals surface area contributed by atoms with Gasteiger partial charge in [-0.1, -0.05) is 13.3 Å². The van der Waals surface area contributed by atoms with Crippen LogP contribution in [0.1, 0.15) is 44.3 Å². The normalized spacial score (nSPS) is 22.3. The van der Waals surface area contributed by atoms with Crippen LogP contribution in [0.15, 0.2) is 12.1 Å². The number of methoxy groups -OCH3 is 1. The fraction of sp³-hybridized carbons (Fsp3) is 0.625. The first-order chi connectivity index (χ1) is 10.2. The zero-order chi connectivity index (χ0) is 15.2. The molecule has 0 aliphatic carbocycles. The Kier molecular flexibility index (Phi) is 5.94. The van der Waals surface area contributed by atoms with Gasteiger partial charge in [-0.3, -0.25) is 0 Å². The maximum Gasteiger partial charge on any atom is 0.201 e. The van der Waals surface area contributed by atoms with E-state index in [-0.39, 0.29) is 24.2 Å². The topological polar surface area (TPSA) is 27.7 Å². The van der Waals surface area contributed by atoms with E-state index in [9.17, 15) is 8.78 Å². The molecular formula is C16H22F2O3. The van der Waals surface area contributed by atoms with Gasteiger partial charge in [0.05, 0.1) is 12.7 Å². The molecule has 5 heteroatoms. The molecule has 118 valence electrons. The average Bonchev–Trinajstić information content (AvgIpc) is 2.50. The zero-order valence-electron chi connectivity index (χ0n) is 12.5. The third kappa shape index (κ3) is 3.92. The van der Waals surface area contributed by atoms with E-state index in [1.807, 2.05) is 0 Å². The van der Waals surface area contributed by atoms with Crippen LogP contribution in [0, 0.1) is 17.6 Å². The minimum absolute atomic E-state index is 0.117. The summed E-state index contributed by atoms with van der Waals surface area (Å²) in [6, 6.07) is 2.96. The van der Waals surface area contributed by atoms with Crippen LogP contribution in [-0.2, 0) is 9.47 Å². The highest BCUT2D eigenvalue weighted by Crippen LogP contribution is 2.35. The number of hydrogen-bond acceptors (Lipinski definition) is 3. The van der Waals surface area contributed by atoms with Crippen LogP contribution < -0.4 is 4.74 Å². The van der Waals surface area contributed by atoms with Crippen LogP contribution in [-0.4, -0.2) is 20.5 Å². The van der Waals surface area contributed by atoms with Crippen molar-refractivity contribution < 1.29 is 23.0 Å². The number of halogens is 2. The smallest absolute Gasteiger partial charge is 0.201 e. The molecule has 3 nitrogen and oxygen atoms in total. The van der Waals surface area contributed by atoms with Crippen molar-refractivity contribution in [2.75, 3.05) is 20.5 Å². The lowest BCUT2D eigenvalue weighted by Gasteiger charge is -2.29. The van der Waals surface area contributed by atoms with Crippen LogP contribution in [0.25, 0.3) is 0 Å². The SMILES string of the molecule is CCCC1CCC(c2ccc(OCOC)c(F)c2F)OC1. The molecule has 0 spiro atoms. The minimum Gasteiger partial charge on any atom is -0.464 e. The molecule has 1 aromatic rings. The number of ether oxygens (including phenoxy) is 3. The van der Waals surface area contributed by atoms with Gasteiger partial charge in [-0.15, -0.1) is 0 Å². The first-order valence-electron chi connectivity index (χ1n) is 7.38. The highest BCUT2D eigenvalue weighted by Gasteiger charge is 2.27. The van der Waals surface area contributed by atoms with Gasteiger partial charge in [-0.2, -0.15) is 4.39 Å². The summed E-state index contributed by atoms with van der Waals surface area (Å²) in [4.78, 5) is 0. The second-order valence-electron chi connectivity index (χ2n) is 5.39. The quantitative estimate of drug-likeness (QED) is 0.736. The van der Waals surface area contributed by atoms with Crippen molar-refractivity contribution in [3.8, 4) is 5.75 Å². The molecule has 1 heterocycles. The molecule has 2 rings (SSSR count). The van der Waals surface area contributed by atoms with E-state index < -0.39 is 11.6 Å². The molecule has 2 unspecified atom stereocenters. The molecule has 1 aromatic carbocycles. The number of hydrogen-bond donors (Lipinski definition) is 0. The lowest BCUT2D eigenvalue weighted by atomic mass is 9.91. The maximum absolute atomic E-state index is 14.1. The predicted octanol–water partition coefficient (Wildman–Crippen LogP) is 4.22. The van der Waals surface area contributed by atoms with Crippen LogP contribution >= 0.6 is 0 Å². The van der Waals surface area contributed by atoms with Crippen LogP contribution in [0.3, 0.4) is 0 Å². The highest BCUT2D eigenvalue weighted by molar-refractivity contribution is 5.32. The molecule has 0 amide bonds. The average molecular weight is 300 g/mol. The maximum atomic E-state index is 14.1. The Morgan fingerprint density at radius 2 is 2.05 bits per heavy atom. The Balaban J connectivity index is 2.06. The van der Waals surface area contributed by atoms with Crippen molar-refractivity contribution in [1.82, 2.24) is 0 Å². The molecule has 0 aromatic heterocycles. The van der Waals surface area contributed by atoms with E-state index in [1.165, 1.54) is 19.2 Å². The predicted molar refractivity (Wildman–Crippen MR) is 75.2 cm³/mol. The van der Waals surface area contributed by atoms with Gasteiger partial charge in [0.1, 0.15) is 0 Å². The zero-order valence-corrected chi connectivity index (χ0v) is 12.5. The van der Waals surface area contributed by atoms with Gasteiger partial charge in [0, 0.05) is 12.7 Å². The third-order valence-electron chi connectivity index (χ3n) is 3.82. The standard InChI is InChI=1S/C16H22F2O3/c1-3-4-11-5-7-13(20-9-11)12-6-8-14(21-10-19-2)16(18)15(12)17/h6,8,11,13H,3-5,7,9-10H2,1-2H3. The van der Waals surface area contributed by atoms with Crippen molar-refractivity contribution in [2.45, 2.75) is 38.7 Å². The van der Waals surface area contributed by atoms with Crippen molar-refractivity contribution in [2.24, 2.45) is 5.92 Å². The van der Waals surface area contributed by atoms with E-state index in [0.29, 0.717) is 12.5 Å². The van der Waals surface area contributed by atoms with Gasteiger partial charge in [-0.05, 0) is 37.3 Å². The summed E-state index contributed by atoms with van der Waals surface area (Å²) in [5.41, 5.74) is 0.271. The van der Waals surface area contributed by atoms with Gasteiger partial charge in [0.2, 0.25) is 5.82 Å².